The predicted octanol–water partition coefficient (Wildman–Crippen LogP) is 3.01. The van der Waals surface area contributed by atoms with E-state index in [1.807, 2.05) is 6.92 Å². The third-order valence-electron chi connectivity index (χ3n) is 3.07. The number of ether oxygens (including phenoxy) is 1. The molecule has 0 aliphatic rings. The lowest BCUT2D eigenvalue weighted by Gasteiger charge is -2.07. The fourth-order valence-corrected chi connectivity index (χ4v) is 2.10. The van der Waals surface area contributed by atoms with Gasteiger partial charge < -0.3 is 4.74 Å². The molecule has 0 radical (unpaired) electrons. The molecular weight excluding hydrogens is 278 g/mol. The number of carbonyl (C=O) groups is 1. The van der Waals surface area contributed by atoms with E-state index in [4.69, 9.17) is 4.74 Å². The van der Waals surface area contributed by atoms with Crippen molar-refractivity contribution >= 4 is 5.78 Å². The Morgan fingerprint density at radius 1 is 1.33 bits per heavy atom. The Hall–Kier alpha value is -2.24. The lowest BCUT2D eigenvalue weighted by molar-refractivity contribution is 0.0979. The van der Waals surface area contributed by atoms with Crippen LogP contribution in [0.5, 0.6) is 5.75 Å². The Balaban J connectivity index is 2.27. The summed E-state index contributed by atoms with van der Waals surface area (Å²) in [6, 6.07) is 3.43. The number of aromatic nitrogens is 2. The largest absolute Gasteiger partial charge is 0.493 e. The summed E-state index contributed by atoms with van der Waals surface area (Å²) < 4.78 is 32.8. The van der Waals surface area contributed by atoms with Gasteiger partial charge in [0, 0.05) is 13.0 Å². The zero-order valence-electron chi connectivity index (χ0n) is 11.9. The standard InChI is InChI=1S/C15H16F2N2O2/c1-3-6-19-15(14(21-2)9-18-19)13(20)8-10-4-5-11(16)12(17)7-10/h4-5,7,9H,3,6,8H2,1-2H3. The van der Waals surface area contributed by atoms with Crippen molar-refractivity contribution < 1.29 is 18.3 Å². The molecule has 0 amide bonds. The molecule has 1 heterocycles. The Kier molecular flexibility index (Phi) is 4.67. The predicted molar refractivity (Wildman–Crippen MR) is 73.5 cm³/mol. The van der Waals surface area contributed by atoms with Crippen LogP contribution in [0.3, 0.4) is 0 Å². The second-order valence-electron chi connectivity index (χ2n) is 4.63. The lowest BCUT2D eigenvalue weighted by Crippen LogP contribution is -2.13. The van der Waals surface area contributed by atoms with Gasteiger partial charge in [0.25, 0.3) is 0 Å². The minimum Gasteiger partial charge on any atom is -0.493 e. The molecule has 21 heavy (non-hydrogen) atoms. The van der Waals surface area contributed by atoms with E-state index in [-0.39, 0.29) is 12.2 Å². The fourth-order valence-electron chi connectivity index (χ4n) is 2.10. The van der Waals surface area contributed by atoms with Crippen LogP contribution in [0.1, 0.15) is 29.4 Å². The molecule has 0 bridgehead atoms. The van der Waals surface area contributed by atoms with Crippen LogP contribution in [0, 0.1) is 11.6 Å². The normalized spacial score (nSPS) is 10.7. The van der Waals surface area contributed by atoms with Gasteiger partial charge in [-0.25, -0.2) is 8.78 Å². The second-order valence-corrected chi connectivity index (χ2v) is 4.63. The van der Waals surface area contributed by atoms with Crippen LogP contribution in [0.25, 0.3) is 0 Å². The maximum absolute atomic E-state index is 13.2. The molecule has 0 saturated heterocycles. The van der Waals surface area contributed by atoms with E-state index in [1.165, 1.54) is 19.4 Å². The highest BCUT2D eigenvalue weighted by atomic mass is 19.2. The highest BCUT2D eigenvalue weighted by Gasteiger charge is 2.19. The van der Waals surface area contributed by atoms with Crippen LogP contribution in [-0.4, -0.2) is 22.7 Å². The Morgan fingerprint density at radius 2 is 2.10 bits per heavy atom. The number of Topliss-reactive ketones (excluding diaryl/α,β-unsaturated/α-hetero) is 1. The molecule has 0 aliphatic heterocycles. The van der Waals surface area contributed by atoms with Gasteiger partial charge >= 0.3 is 0 Å². The number of rotatable bonds is 6. The second kappa shape index (κ2) is 6.47. The van der Waals surface area contributed by atoms with Crippen molar-refractivity contribution in [1.82, 2.24) is 9.78 Å². The Labute approximate surface area is 121 Å². The number of hydrogen-bond donors (Lipinski definition) is 0. The van der Waals surface area contributed by atoms with Gasteiger partial charge in [-0.05, 0) is 24.1 Å². The Bertz CT molecular complexity index is 653. The van der Waals surface area contributed by atoms with Gasteiger partial charge in [0.1, 0.15) is 5.69 Å². The summed E-state index contributed by atoms with van der Waals surface area (Å²) in [4.78, 5) is 12.4. The summed E-state index contributed by atoms with van der Waals surface area (Å²) in [5, 5.41) is 4.11. The third-order valence-corrected chi connectivity index (χ3v) is 3.07. The number of nitrogens with zero attached hydrogens (tertiary/aromatic N) is 2. The van der Waals surface area contributed by atoms with Crippen LogP contribution >= 0.6 is 0 Å². The molecule has 1 aromatic heterocycles. The van der Waals surface area contributed by atoms with Gasteiger partial charge in [-0.3, -0.25) is 9.48 Å². The van der Waals surface area contributed by atoms with Crippen molar-refractivity contribution in [3.8, 4) is 5.75 Å². The van der Waals surface area contributed by atoms with E-state index >= 15 is 0 Å². The fraction of sp³-hybridized carbons (Fsp3) is 0.333. The molecule has 4 nitrogen and oxygen atoms in total. The maximum atomic E-state index is 13.2. The van der Waals surface area contributed by atoms with Gasteiger partial charge in [-0.15, -0.1) is 0 Å². The summed E-state index contributed by atoms with van der Waals surface area (Å²) in [5.41, 5.74) is 0.759. The smallest absolute Gasteiger partial charge is 0.189 e. The summed E-state index contributed by atoms with van der Waals surface area (Å²) in [6.45, 7) is 2.56. The zero-order valence-corrected chi connectivity index (χ0v) is 11.9. The summed E-state index contributed by atoms with van der Waals surface area (Å²) in [6.07, 6.45) is 2.26. The van der Waals surface area contributed by atoms with Gasteiger partial charge in [0.2, 0.25) is 0 Å². The molecule has 0 N–H and O–H groups in total. The van der Waals surface area contributed by atoms with E-state index in [0.717, 1.165) is 18.6 Å². The van der Waals surface area contributed by atoms with E-state index < -0.39 is 11.6 Å². The molecule has 2 aromatic rings. The molecule has 0 atom stereocenters. The van der Waals surface area contributed by atoms with Crippen molar-refractivity contribution in [3.05, 3.63) is 47.3 Å². The number of halogens is 2. The van der Waals surface area contributed by atoms with Crippen LogP contribution < -0.4 is 4.74 Å². The number of aryl methyl sites for hydroxylation is 1. The molecule has 0 unspecified atom stereocenters. The van der Waals surface area contributed by atoms with Crippen molar-refractivity contribution in [3.63, 3.8) is 0 Å². The molecule has 1 aromatic carbocycles. The summed E-state index contributed by atoms with van der Waals surface area (Å²) >= 11 is 0. The van der Waals surface area contributed by atoms with Crippen LogP contribution in [0.2, 0.25) is 0 Å². The van der Waals surface area contributed by atoms with E-state index in [0.29, 0.717) is 23.6 Å². The molecule has 0 saturated carbocycles. The number of carbonyl (C=O) groups excluding carboxylic acids is 1. The molecule has 112 valence electrons. The molecule has 0 spiro atoms. The van der Waals surface area contributed by atoms with Crippen molar-refractivity contribution in [2.75, 3.05) is 7.11 Å². The average molecular weight is 294 g/mol. The van der Waals surface area contributed by atoms with Crippen LogP contribution in [0.15, 0.2) is 24.4 Å². The van der Waals surface area contributed by atoms with Crippen LogP contribution in [-0.2, 0) is 13.0 Å². The van der Waals surface area contributed by atoms with Gasteiger partial charge in [0.05, 0.1) is 13.3 Å². The van der Waals surface area contributed by atoms with Crippen molar-refractivity contribution in [2.45, 2.75) is 26.3 Å². The minimum absolute atomic E-state index is 0.0387. The lowest BCUT2D eigenvalue weighted by atomic mass is 10.1. The first kappa shape index (κ1) is 15.2. The number of ketones is 1. The third kappa shape index (κ3) is 3.26. The average Bonchev–Trinajstić information content (AvgIpc) is 2.86. The monoisotopic (exact) mass is 294 g/mol. The first-order valence-corrected chi connectivity index (χ1v) is 6.63. The van der Waals surface area contributed by atoms with Crippen LogP contribution in [0.4, 0.5) is 8.78 Å². The van der Waals surface area contributed by atoms with Crippen molar-refractivity contribution in [2.24, 2.45) is 0 Å². The number of methoxy groups -OCH3 is 1. The van der Waals surface area contributed by atoms with E-state index in [9.17, 15) is 13.6 Å². The summed E-state index contributed by atoms with van der Waals surface area (Å²) in [5.74, 6) is -1.76. The summed E-state index contributed by atoms with van der Waals surface area (Å²) in [7, 11) is 1.46. The SMILES string of the molecule is CCCn1ncc(OC)c1C(=O)Cc1ccc(F)c(F)c1. The molecule has 0 aliphatic carbocycles. The molecule has 2 rings (SSSR count). The number of benzene rings is 1. The highest BCUT2D eigenvalue weighted by molar-refractivity contribution is 5.98. The topological polar surface area (TPSA) is 44.1 Å². The quantitative estimate of drug-likeness (QED) is 0.769. The maximum Gasteiger partial charge on any atom is 0.189 e. The van der Waals surface area contributed by atoms with Gasteiger partial charge in [0.15, 0.2) is 23.2 Å². The number of hydrogen-bond acceptors (Lipinski definition) is 3. The first-order valence-electron chi connectivity index (χ1n) is 6.63. The Morgan fingerprint density at radius 3 is 2.71 bits per heavy atom. The molecular formula is C15H16F2N2O2. The zero-order chi connectivity index (χ0) is 15.4. The van der Waals surface area contributed by atoms with Gasteiger partial charge in [-0.1, -0.05) is 13.0 Å². The van der Waals surface area contributed by atoms with E-state index in [1.54, 1.807) is 4.68 Å². The molecule has 0 fully saturated rings. The first-order chi connectivity index (χ1) is 10.1. The minimum atomic E-state index is -0.964. The van der Waals surface area contributed by atoms with Gasteiger partial charge in [-0.2, -0.15) is 5.10 Å². The van der Waals surface area contributed by atoms with Crippen molar-refractivity contribution in [1.29, 1.82) is 0 Å². The molecule has 6 heteroatoms. The highest BCUT2D eigenvalue weighted by Crippen LogP contribution is 2.20. The van der Waals surface area contributed by atoms with E-state index in [2.05, 4.69) is 5.10 Å².